The molecule has 2 aromatic heterocycles. The van der Waals surface area contributed by atoms with Crippen molar-refractivity contribution in [2.45, 2.75) is 46.2 Å². The fraction of sp³-hybridized carbons (Fsp3) is 0.571. The topological polar surface area (TPSA) is 47.7 Å². The molecule has 0 unspecified atom stereocenters. The van der Waals surface area contributed by atoms with Gasteiger partial charge >= 0.3 is 0 Å². The molecular formula is C14H20ClN5. The second kappa shape index (κ2) is 4.90. The van der Waals surface area contributed by atoms with Gasteiger partial charge in [0, 0.05) is 25.2 Å². The third kappa shape index (κ3) is 2.25. The minimum atomic E-state index is 0.673. The van der Waals surface area contributed by atoms with Gasteiger partial charge in [0.1, 0.15) is 0 Å². The van der Waals surface area contributed by atoms with Gasteiger partial charge in [-0.3, -0.25) is 4.68 Å². The van der Waals surface area contributed by atoms with Crippen molar-refractivity contribution in [1.29, 1.82) is 0 Å². The maximum atomic E-state index is 6.27. The van der Waals surface area contributed by atoms with E-state index in [1.165, 1.54) is 18.4 Å². The Hall–Kier alpha value is -1.33. The Bertz CT molecular complexity index is 651. The molecule has 0 spiro atoms. The largest absolute Gasteiger partial charge is 0.310 e. The number of nitrogens with zero attached hydrogens (tertiary/aromatic N) is 4. The second-order valence-corrected chi connectivity index (χ2v) is 5.94. The van der Waals surface area contributed by atoms with E-state index in [1.54, 1.807) is 0 Å². The molecule has 1 aliphatic rings. The third-order valence-electron chi connectivity index (χ3n) is 3.86. The summed E-state index contributed by atoms with van der Waals surface area (Å²) in [6.07, 6.45) is 2.56. The van der Waals surface area contributed by atoms with Gasteiger partial charge in [-0.05, 0) is 33.6 Å². The van der Waals surface area contributed by atoms with Crippen LogP contribution in [0.3, 0.4) is 0 Å². The lowest BCUT2D eigenvalue weighted by Crippen LogP contribution is -2.18. The zero-order valence-corrected chi connectivity index (χ0v) is 13.1. The minimum Gasteiger partial charge on any atom is -0.310 e. The molecule has 0 aliphatic heterocycles. The van der Waals surface area contributed by atoms with Crippen molar-refractivity contribution >= 4 is 11.6 Å². The highest BCUT2D eigenvalue weighted by molar-refractivity contribution is 6.31. The number of hydrogen-bond donors (Lipinski definition) is 1. The number of rotatable bonds is 4. The van der Waals surface area contributed by atoms with Crippen LogP contribution in [-0.2, 0) is 13.6 Å². The van der Waals surface area contributed by atoms with Gasteiger partial charge in [0.15, 0.2) is 5.82 Å². The van der Waals surface area contributed by atoms with Crippen LogP contribution in [0.5, 0.6) is 0 Å². The first-order valence-electron chi connectivity index (χ1n) is 6.97. The highest BCUT2D eigenvalue weighted by Crippen LogP contribution is 2.26. The molecule has 0 bridgehead atoms. The lowest BCUT2D eigenvalue weighted by Gasteiger charge is -2.09. The van der Waals surface area contributed by atoms with E-state index in [2.05, 4.69) is 15.5 Å². The molecule has 1 N–H and O–H groups in total. The molecule has 0 saturated heterocycles. The average Bonchev–Trinajstić information content (AvgIpc) is 3.14. The minimum absolute atomic E-state index is 0.673. The summed E-state index contributed by atoms with van der Waals surface area (Å²) in [5, 5.41) is 13.4. The van der Waals surface area contributed by atoms with Gasteiger partial charge in [0.2, 0.25) is 0 Å². The molecular weight excluding hydrogens is 274 g/mol. The maximum Gasteiger partial charge on any atom is 0.156 e. The van der Waals surface area contributed by atoms with Crippen molar-refractivity contribution < 1.29 is 0 Å². The summed E-state index contributed by atoms with van der Waals surface area (Å²) in [7, 11) is 1.95. The van der Waals surface area contributed by atoms with Gasteiger partial charge in [-0.25, -0.2) is 4.68 Å². The van der Waals surface area contributed by atoms with Gasteiger partial charge < -0.3 is 5.32 Å². The normalized spacial score (nSPS) is 15.1. The highest BCUT2D eigenvalue weighted by atomic mass is 35.5. The molecule has 0 radical (unpaired) electrons. The molecule has 1 fully saturated rings. The molecule has 0 atom stereocenters. The SMILES string of the molecule is Cc1nn(-c2c(CNC3CC3)c(C)nn2C)c(C)c1Cl. The zero-order chi connectivity index (χ0) is 14.4. The average molecular weight is 294 g/mol. The first kappa shape index (κ1) is 13.6. The molecule has 1 aliphatic carbocycles. The Morgan fingerprint density at radius 3 is 2.45 bits per heavy atom. The molecule has 1 saturated carbocycles. The van der Waals surface area contributed by atoms with E-state index in [-0.39, 0.29) is 0 Å². The monoisotopic (exact) mass is 293 g/mol. The molecule has 0 amide bonds. The van der Waals surface area contributed by atoms with Crippen LogP contribution < -0.4 is 5.32 Å². The second-order valence-electron chi connectivity index (χ2n) is 5.56. The summed E-state index contributed by atoms with van der Waals surface area (Å²) < 4.78 is 3.79. The Labute approximate surface area is 123 Å². The van der Waals surface area contributed by atoms with E-state index in [0.717, 1.165) is 34.5 Å². The van der Waals surface area contributed by atoms with E-state index in [0.29, 0.717) is 6.04 Å². The van der Waals surface area contributed by atoms with Crippen LogP contribution in [0.15, 0.2) is 0 Å². The van der Waals surface area contributed by atoms with Crippen molar-refractivity contribution in [3.8, 4) is 5.82 Å². The van der Waals surface area contributed by atoms with Crippen molar-refractivity contribution in [2.24, 2.45) is 7.05 Å². The van der Waals surface area contributed by atoms with Crippen LogP contribution in [0.4, 0.5) is 0 Å². The van der Waals surface area contributed by atoms with Crippen LogP contribution in [0, 0.1) is 20.8 Å². The Balaban J connectivity index is 2.04. The fourth-order valence-electron chi connectivity index (χ4n) is 2.53. The van der Waals surface area contributed by atoms with E-state index in [9.17, 15) is 0 Å². The van der Waals surface area contributed by atoms with E-state index in [1.807, 2.05) is 37.2 Å². The van der Waals surface area contributed by atoms with Gasteiger partial charge in [0.05, 0.1) is 22.1 Å². The molecule has 20 heavy (non-hydrogen) atoms. The lowest BCUT2D eigenvalue weighted by atomic mass is 10.2. The van der Waals surface area contributed by atoms with Gasteiger partial charge in [-0.15, -0.1) is 0 Å². The summed E-state index contributed by atoms with van der Waals surface area (Å²) >= 11 is 6.27. The standard InChI is InChI=1S/C14H20ClN5/c1-8-12(7-16-11-5-6-11)14(19(4)17-8)20-10(3)13(15)9(2)18-20/h11,16H,5-7H2,1-4H3. The summed E-state index contributed by atoms with van der Waals surface area (Å²) in [5.74, 6) is 1.00. The molecule has 3 rings (SSSR count). The number of nitrogens with one attached hydrogen (secondary N) is 1. The quantitative estimate of drug-likeness (QED) is 0.942. The van der Waals surface area contributed by atoms with Crippen LogP contribution in [-0.4, -0.2) is 25.6 Å². The zero-order valence-electron chi connectivity index (χ0n) is 12.4. The number of aromatic nitrogens is 4. The van der Waals surface area contributed by atoms with E-state index in [4.69, 9.17) is 11.6 Å². The Morgan fingerprint density at radius 2 is 1.90 bits per heavy atom. The van der Waals surface area contributed by atoms with Crippen LogP contribution in [0.25, 0.3) is 5.82 Å². The van der Waals surface area contributed by atoms with Crippen molar-refractivity contribution in [2.75, 3.05) is 0 Å². The Morgan fingerprint density at radius 1 is 1.20 bits per heavy atom. The number of hydrogen-bond acceptors (Lipinski definition) is 3. The van der Waals surface area contributed by atoms with Crippen molar-refractivity contribution in [3.05, 3.63) is 27.7 Å². The first-order valence-corrected chi connectivity index (χ1v) is 7.34. The van der Waals surface area contributed by atoms with Crippen LogP contribution >= 0.6 is 11.6 Å². The smallest absolute Gasteiger partial charge is 0.156 e. The van der Waals surface area contributed by atoms with Crippen LogP contribution in [0.2, 0.25) is 5.02 Å². The third-order valence-corrected chi connectivity index (χ3v) is 4.41. The van der Waals surface area contributed by atoms with Gasteiger partial charge in [-0.1, -0.05) is 11.6 Å². The van der Waals surface area contributed by atoms with E-state index >= 15 is 0 Å². The molecule has 108 valence electrons. The van der Waals surface area contributed by atoms with Crippen molar-refractivity contribution in [3.63, 3.8) is 0 Å². The molecule has 6 heteroatoms. The number of aryl methyl sites for hydroxylation is 3. The summed E-state index contributed by atoms with van der Waals surface area (Å²) in [6.45, 7) is 6.79. The summed E-state index contributed by atoms with van der Waals surface area (Å²) in [4.78, 5) is 0. The first-order chi connectivity index (χ1) is 9.49. The maximum absolute atomic E-state index is 6.27. The van der Waals surface area contributed by atoms with E-state index < -0.39 is 0 Å². The number of halogens is 1. The lowest BCUT2D eigenvalue weighted by molar-refractivity contribution is 0.658. The predicted octanol–water partition coefficient (Wildman–Crippen LogP) is 2.44. The van der Waals surface area contributed by atoms with Gasteiger partial charge in [-0.2, -0.15) is 10.2 Å². The van der Waals surface area contributed by atoms with Crippen LogP contribution in [0.1, 0.15) is 35.5 Å². The highest BCUT2D eigenvalue weighted by Gasteiger charge is 2.24. The summed E-state index contributed by atoms with van der Waals surface area (Å²) in [5.41, 5.74) is 4.05. The van der Waals surface area contributed by atoms with Gasteiger partial charge in [0.25, 0.3) is 0 Å². The van der Waals surface area contributed by atoms with Crippen molar-refractivity contribution in [1.82, 2.24) is 24.9 Å². The molecule has 2 aromatic rings. The Kier molecular flexibility index (Phi) is 3.34. The molecule has 0 aromatic carbocycles. The summed E-state index contributed by atoms with van der Waals surface area (Å²) in [6, 6.07) is 0.673. The molecule has 2 heterocycles. The molecule has 5 nitrogen and oxygen atoms in total. The fourth-order valence-corrected chi connectivity index (χ4v) is 2.64. The predicted molar refractivity (Wildman–Crippen MR) is 79.4 cm³/mol.